The molecule has 0 saturated carbocycles. The van der Waals surface area contributed by atoms with Gasteiger partial charge in [-0.05, 0) is 52.3 Å². The molecule has 1 aliphatic rings. The van der Waals surface area contributed by atoms with Crippen molar-refractivity contribution in [1.82, 2.24) is 10.3 Å². The highest BCUT2D eigenvalue weighted by atomic mass is 16.4. The van der Waals surface area contributed by atoms with Crippen molar-refractivity contribution in [2.75, 3.05) is 0 Å². The highest BCUT2D eigenvalue weighted by Crippen LogP contribution is 2.40. The van der Waals surface area contributed by atoms with Crippen LogP contribution in [0.1, 0.15) is 73.5 Å². The third kappa shape index (κ3) is 3.29. The van der Waals surface area contributed by atoms with Gasteiger partial charge in [0.25, 0.3) is 0 Å². The van der Waals surface area contributed by atoms with Gasteiger partial charge in [-0.25, -0.2) is 0 Å². The molecule has 2 unspecified atom stereocenters. The van der Waals surface area contributed by atoms with Crippen molar-refractivity contribution in [3.8, 4) is 5.75 Å². The maximum absolute atomic E-state index is 11.9. The van der Waals surface area contributed by atoms with E-state index in [1.807, 2.05) is 36.4 Å². The van der Waals surface area contributed by atoms with Gasteiger partial charge >= 0.3 is 5.97 Å². The first-order chi connectivity index (χ1) is 13.8. The Bertz CT molecular complexity index is 1050. The van der Waals surface area contributed by atoms with Crippen LogP contribution in [-0.2, 0) is 11.2 Å². The molecule has 152 valence electrons. The first-order valence-corrected chi connectivity index (χ1v) is 10.2. The molecule has 5 heteroatoms. The molecule has 4 N–H and O–H groups in total. The average molecular weight is 392 g/mol. The molecule has 0 bridgehead atoms. The van der Waals surface area contributed by atoms with Gasteiger partial charge in [0.1, 0.15) is 11.8 Å². The molecule has 1 aliphatic heterocycles. The van der Waals surface area contributed by atoms with Crippen LogP contribution in [0.4, 0.5) is 0 Å². The second-order valence-corrected chi connectivity index (χ2v) is 8.61. The molecule has 0 amide bonds. The largest absolute Gasteiger partial charge is 0.507 e. The maximum atomic E-state index is 11.9. The number of carboxylic acid groups (broad SMARTS) is 1. The summed E-state index contributed by atoms with van der Waals surface area (Å²) in [6.07, 6.45) is 0.442. The molecule has 0 aliphatic carbocycles. The first-order valence-electron chi connectivity index (χ1n) is 10.2. The number of phenols is 1. The summed E-state index contributed by atoms with van der Waals surface area (Å²) in [7, 11) is 0. The van der Waals surface area contributed by atoms with E-state index < -0.39 is 12.0 Å². The minimum atomic E-state index is -0.849. The third-order valence-electron chi connectivity index (χ3n) is 5.98. The molecule has 2 aromatic carbocycles. The van der Waals surface area contributed by atoms with Crippen molar-refractivity contribution in [1.29, 1.82) is 0 Å². The van der Waals surface area contributed by atoms with Gasteiger partial charge in [-0.2, -0.15) is 0 Å². The van der Waals surface area contributed by atoms with Crippen LogP contribution in [0.2, 0.25) is 0 Å². The number of nitrogens with one attached hydrogen (secondary N) is 2. The molecule has 2 atom stereocenters. The molecule has 0 spiro atoms. The molecule has 29 heavy (non-hydrogen) atoms. The molecule has 0 radical (unpaired) electrons. The van der Waals surface area contributed by atoms with Crippen LogP contribution in [0.25, 0.3) is 10.9 Å². The van der Waals surface area contributed by atoms with E-state index in [1.54, 1.807) is 0 Å². The summed E-state index contributed by atoms with van der Waals surface area (Å²) in [6.45, 7) is 8.24. The number of hydrogen-bond acceptors (Lipinski definition) is 3. The zero-order chi connectivity index (χ0) is 20.9. The lowest BCUT2D eigenvalue weighted by Gasteiger charge is -2.31. The van der Waals surface area contributed by atoms with E-state index in [0.29, 0.717) is 12.2 Å². The summed E-state index contributed by atoms with van der Waals surface area (Å²) in [6, 6.07) is 11.1. The third-order valence-corrected chi connectivity index (χ3v) is 5.98. The summed E-state index contributed by atoms with van der Waals surface area (Å²) < 4.78 is 0. The van der Waals surface area contributed by atoms with E-state index in [-0.39, 0.29) is 17.9 Å². The van der Waals surface area contributed by atoms with E-state index in [2.05, 4.69) is 38.0 Å². The number of fused-ring (bicyclic) bond motifs is 3. The molecule has 2 heterocycles. The van der Waals surface area contributed by atoms with Crippen LogP contribution in [0.3, 0.4) is 0 Å². The van der Waals surface area contributed by atoms with Crippen LogP contribution in [0, 0.1) is 0 Å². The summed E-state index contributed by atoms with van der Waals surface area (Å²) in [5.74, 6) is -0.180. The lowest BCUT2D eigenvalue weighted by molar-refractivity contribution is -0.139. The highest BCUT2D eigenvalue weighted by molar-refractivity contribution is 5.87. The molecule has 0 fully saturated rings. The van der Waals surface area contributed by atoms with Gasteiger partial charge in [0.2, 0.25) is 0 Å². The number of phenolic OH excluding ortho intramolecular Hbond substituents is 1. The van der Waals surface area contributed by atoms with Gasteiger partial charge in [-0.15, -0.1) is 0 Å². The minimum Gasteiger partial charge on any atom is -0.507 e. The Kier molecular flexibility index (Phi) is 4.87. The standard InChI is InChI=1S/C24H28N2O3/c1-12(2)16-9-14(10-17(13(3)4)23(16)27)21-22-18(11-20(26-21)24(28)29)15-7-5-6-8-19(15)25-22/h5-10,12-13,20-21,25-27H,11H2,1-4H3,(H,28,29). The van der Waals surface area contributed by atoms with Crippen molar-refractivity contribution in [2.45, 2.75) is 58.0 Å². The van der Waals surface area contributed by atoms with Gasteiger partial charge in [0.05, 0.1) is 6.04 Å². The summed E-state index contributed by atoms with van der Waals surface area (Å²) in [5.41, 5.74) is 5.85. The lowest BCUT2D eigenvalue weighted by atomic mass is 9.85. The number of aromatic nitrogens is 1. The predicted molar refractivity (Wildman–Crippen MR) is 115 cm³/mol. The van der Waals surface area contributed by atoms with Crippen molar-refractivity contribution < 1.29 is 15.0 Å². The second kappa shape index (κ2) is 7.23. The monoisotopic (exact) mass is 392 g/mol. The Labute approximate surface area is 170 Å². The minimum absolute atomic E-state index is 0.161. The molecule has 0 saturated heterocycles. The summed E-state index contributed by atoms with van der Waals surface area (Å²) >= 11 is 0. The zero-order valence-corrected chi connectivity index (χ0v) is 17.3. The number of aromatic amines is 1. The number of H-pyrrole nitrogens is 1. The van der Waals surface area contributed by atoms with Gasteiger partial charge in [0.15, 0.2) is 0 Å². The number of para-hydroxylation sites is 1. The highest BCUT2D eigenvalue weighted by Gasteiger charge is 2.34. The van der Waals surface area contributed by atoms with Gasteiger partial charge in [-0.1, -0.05) is 45.9 Å². The fourth-order valence-corrected chi connectivity index (χ4v) is 4.41. The number of carboxylic acids is 1. The number of carbonyl (C=O) groups is 1. The van der Waals surface area contributed by atoms with Crippen LogP contribution in [0.15, 0.2) is 36.4 Å². The summed E-state index contributed by atoms with van der Waals surface area (Å²) in [4.78, 5) is 15.4. The lowest BCUT2D eigenvalue weighted by Crippen LogP contribution is -2.45. The van der Waals surface area contributed by atoms with Gasteiger partial charge in [0, 0.05) is 23.0 Å². The van der Waals surface area contributed by atoms with Gasteiger partial charge in [-0.3, -0.25) is 10.1 Å². The SMILES string of the molecule is CC(C)c1cc(C2NC(C(=O)O)Cc3c2[nH]c2ccccc32)cc(C(C)C)c1O. The quantitative estimate of drug-likeness (QED) is 0.513. The Balaban J connectivity index is 1.94. The smallest absolute Gasteiger partial charge is 0.321 e. The first kappa shape index (κ1) is 19.5. The molecular weight excluding hydrogens is 364 g/mol. The second-order valence-electron chi connectivity index (χ2n) is 8.61. The Morgan fingerprint density at radius 2 is 1.69 bits per heavy atom. The molecule has 3 aromatic rings. The van der Waals surface area contributed by atoms with E-state index in [4.69, 9.17) is 0 Å². The maximum Gasteiger partial charge on any atom is 0.321 e. The van der Waals surface area contributed by atoms with Crippen LogP contribution in [0.5, 0.6) is 5.75 Å². The Hall–Kier alpha value is -2.79. The van der Waals surface area contributed by atoms with Crippen molar-refractivity contribution >= 4 is 16.9 Å². The molecule has 5 nitrogen and oxygen atoms in total. The Morgan fingerprint density at radius 3 is 2.28 bits per heavy atom. The Morgan fingerprint density at radius 1 is 1.07 bits per heavy atom. The predicted octanol–water partition coefficient (Wildman–Crippen LogP) is 4.81. The number of benzene rings is 2. The number of hydrogen-bond donors (Lipinski definition) is 4. The molecule has 4 rings (SSSR count). The van der Waals surface area contributed by atoms with Crippen LogP contribution in [-0.4, -0.2) is 27.2 Å². The summed E-state index contributed by atoms with van der Waals surface area (Å²) in [5, 5.41) is 24.9. The van der Waals surface area contributed by atoms with Crippen molar-refractivity contribution in [2.24, 2.45) is 0 Å². The van der Waals surface area contributed by atoms with Crippen molar-refractivity contribution in [3.05, 3.63) is 64.3 Å². The normalized spacial score (nSPS) is 19.1. The zero-order valence-electron chi connectivity index (χ0n) is 17.3. The topological polar surface area (TPSA) is 85.4 Å². The van der Waals surface area contributed by atoms with E-state index in [0.717, 1.165) is 38.9 Å². The fraction of sp³-hybridized carbons (Fsp3) is 0.375. The van der Waals surface area contributed by atoms with Crippen LogP contribution >= 0.6 is 0 Å². The van der Waals surface area contributed by atoms with E-state index in [1.165, 1.54) is 0 Å². The van der Waals surface area contributed by atoms with Crippen molar-refractivity contribution in [3.63, 3.8) is 0 Å². The number of aromatic hydroxyl groups is 1. The molecule has 1 aromatic heterocycles. The van der Waals surface area contributed by atoms with Crippen LogP contribution < -0.4 is 5.32 Å². The fourth-order valence-electron chi connectivity index (χ4n) is 4.41. The number of rotatable bonds is 4. The van der Waals surface area contributed by atoms with E-state index in [9.17, 15) is 15.0 Å². The van der Waals surface area contributed by atoms with E-state index >= 15 is 0 Å². The molecular formula is C24H28N2O3. The van der Waals surface area contributed by atoms with Gasteiger partial charge < -0.3 is 15.2 Å². The number of aliphatic carboxylic acids is 1. The average Bonchev–Trinajstić information content (AvgIpc) is 3.05.